The fourth-order valence-electron chi connectivity index (χ4n) is 2.64. The first-order valence-electron chi connectivity index (χ1n) is 7.63. The van der Waals surface area contributed by atoms with Crippen molar-refractivity contribution in [2.75, 3.05) is 5.73 Å². The third-order valence-corrected chi connectivity index (χ3v) is 3.83. The van der Waals surface area contributed by atoms with Crippen molar-refractivity contribution in [2.45, 2.75) is 6.61 Å². The van der Waals surface area contributed by atoms with E-state index in [1.807, 2.05) is 0 Å². The van der Waals surface area contributed by atoms with Gasteiger partial charge in [0.05, 0.1) is 11.1 Å². The van der Waals surface area contributed by atoms with Crippen LogP contribution in [0.5, 0.6) is 5.75 Å². The molecule has 0 aliphatic heterocycles. The second-order valence-corrected chi connectivity index (χ2v) is 5.42. The molecule has 0 atom stereocenters. The summed E-state index contributed by atoms with van der Waals surface area (Å²) in [6.07, 6.45) is 5.01. The fourth-order valence-corrected chi connectivity index (χ4v) is 2.64. The van der Waals surface area contributed by atoms with E-state index in [-0.39, 0.29) is 18.4 Å². The fraction of sp³-hybridized carbons (Fsp3) is 0.0556. The van der Waals surface area contributed by atoms with Gasteiger partial charge in [-0.3, -0.25) is 0 Å². The third kappa shape index (κ3) is 2.87. The van der Waals surface area contributed by atoms with Crippen molar-refractivity contribution in [1.82, 2.24) is 19.9 Å². The molecule has 7 heteroatoms. The Morgan fingerprint density at radius 1 is 1.08 bits per heavy atom. The van der Waals surface area contributed by atoms with Crippen molar-refractivity contribution >= 4 is 17.0 Å². The lowest BCUT2D eigenvalue weighted by atomic mass is 10.1. The van der Waals surface area contributed by atoms with Gasteiger partial charge in [-0.15, -0.1) is 0 Å². The van der Waals surface area contributed by atoms with Crippen LogP contribution >= 0.6 is 0 Å². The van der Waals surface area contributed by atoms with E-state index in [1.54, 1.807) is 48.9 Å². The molecule has 0 amide bonds. The van der Waals surface area contributed by atoms with Gasteiger partial charge in [-0.05, 0) is 18.2 Å². The number of pyridine rings is 1. The number of nitrogen functional groups attached to an aromatic ring is 1. The average molecular weight is 335 g/mol. The van der Waals surface area contributed by atoms with Crippen molar-refractivity contribution < 1.29 is 9.13 Å². The number of hydrogen-bond donors (Lipinski definition) is 2. The molecule has 0 unspecified atom stereocenters. The summed E-state index contributed by atoms with van der Waals surface area (Å²) in [5, 5.41) is 0.761. The van der Waals surface area contributed by atoms with E-state index in [9.17, 15) is 4.39 Å². The van der Waals surface area contributed by atoms with Crippen LogP contribution in [0.1, 0.15) is 5.56 Å². The Labute approximate surface area is 142 Å². The molecule has 3 N–H and O–H groups in total. The Balaban J connectivity index is 1.74. The molecule has 3 aromatic heterocycles. The zero-order valence-electron chi connectivity index (χ0n) is 13.1. The van der Waals surface area contributed by atoms with Gasteiger partial charge in [0.25, 0.3) is 0 Å². The van der Waals surface area contributed by atoms with E-state index in [0.29, 0.717) is 22.7 Å². The smallest absolute Gasteiger partial charge is 0.220 e. The first-order valence-corrected chi connectivity index (χ1v) is 7.63. The number of nitrogens with two attached hydrogens (primary N) is 1. The molecule has 1 aromatic carbocycles. The van der Waals surface area contributed by atoms with Crippen LogP contribution in [0.4, 0.5) is 10.3 Å². The monoisotopic (exact) mass is 335 g/mol. The second-order valence-electron chi connectivity index (χ2n) is 5.42. The molecule has 0 radical (unpaired) electrons. The predicted octanol–water partition coefficient (Wildman–Crippen LogP) is 3.32. The van der Waals surface area contributed by atoms with E-state index in [1.165, 1.54) is 6.07 Å². The maximum atomic E-state index is 13.8. The third-order valence-electron chi connectivity index (χ3n) is 3.83. The first kappa shape index (κ1) is 15.1. The minimum absolute atomic E-state index is 0.113. The zero-order valence-corrected chi connectivity index (χ0v) is 13.1. The summed E-state index contributed by atoms with van der Waals surface area (Å²) in [6.45, 7) is 0.113. The Hall–Kier alpha value is -3.48. The lowest BCUT2D eigenvalue weighted by Gasteiger charge is -2.09. The van der Waals surface area contributed by atoms with E-state index < -0.39 is 0 Å². The molecular formula is C18H14FN5O. The van der Waals surface area contributed by atoms with Crippen LogP contribution in [0, 0.1) is 5.82 Å². The van der Waals surface area contributed by atoms with Crippen LogP contribution in [-0.4, -0.2) is 19.9 Å². The Morgan fingerprint density at radius 2 is 1.92 bits per heavy atom. The number of aromatic nitrogens is 4. The Bertz CT molecular complexity index is 1050. The Morgan fingerprint density at radius 3 is 2.76 bits per heavy atom. The van der Waals surface area contributed by atoms with Crippen molar-refractivity contribution in [1.29, 1.82) is 0 Å². The topological polar surface area (TPSA) is 89.7 Å². The molecule has 0 bridgehead atoms. The van der Waals surface area contributed by atoms with Gasteiger partial charge in [0.15, 0.2) is 0 Å². The standard InChI is InChI=1S/C18H14FN5O/c19-13-4-2-1-3-11(13)10-25-15-6-8-21-17-16(15)12(9-23-17)14-5-7-22-18(20)24-14/h1-9H,10H2,(H,21,23)(H2,20,22,24). The molecule has 0 aliphatic rings. The number of fused-ring (bicyclic) bond motifs is 1. The maximum Gasteiger partial charge on any atom is 0.220 e. The molecule has 3 heterocycles. The van der Waals surface area contributed by atoms with Gasteiger partial charge in [-0.2, -0.15) is 0 Å². The molecule has 25 heavy (non-hydrogen) atoms. The number of anilines is 1. The van der Waals surface area contributed by atoms with Crippen molar-refractivity contribution in [3.8, 4) is 17.0 Å². The number of aromatic amines is 1. The summed E-state index contributed by atoms with van der Waals surface area (Å²) < 4.78 is 19.7. The molecular weight excluding hydrogens is 321 g/mol. The van der Waals surface area contributed by atoms with Crippen LogP contribution in [0.15, 0.2) is 55.0 Å². The Kier molecular flexibility index (Phi) is 3.74. The normalized spacial score (nSPS) is 10.9. The number of benzene rings is 1. The molecule has 0 saturated heterocycles. The number of nitrogens with zero attached hydrogens (tertiary/aromatic N) is 3. The second kappa shape index (κ2) is 6.20. The van der Waals surface area contributed by atoms with Gasteiger partial charge in [-0.25, -0.2) is 19.3 Å². The summed E-state index contributed by atoms with van der Waals surface area (Å²) in [5.74, 6) is 0.469. The van der Waals surface area contributed by atoms with E-state index in [2.05, 4.69) is 19.9 Å². The predicted molar refractivity (Wildman–Crippen MR) is 92.3 cm³/mol. The average Bonchev–Trinajstić information content (AvgIpc) is 3.06. The highest BCUT2D eigenvalue weighted by atomic mass is 19.1. The summed E-state index contributed by atoms with van der Waals surface area (Å²) in [6, 6.07) is 10.0. The summed E-state index contributed by atoms with van der Waals surface area (Å²) in [4.78, 5) is 15.5. The largest absolute Gasteiger partial charge is 0.488 e. The van der Waals surface area contributed by atoms with E-state index >= 15 is 0 Å². The quantitative estimate of drug-likeness (QED) is 0.597. The first-order chi connectivity index (χ1) is 12.2. The van der Waals surface area contributed by atoms with E-state index in [4.69, 9.17) is 10.5 Å². The van der Waals surface area contributed by atoms with Crippen molar-refractivity contribution in [3.63, 3.8) is 0 Å². The highest BCUT2D eigenvalue weighted by Gasteiger charge is 2.14. The van der Waals surface area contributed by atoms with Gasteiger partial charge in [0.1, 0.15) is 23.8 Å². The van der Waals surface area contributed by atoms with E-state index in [0.717, 1.165) is 10.9 Å². The summed E-state index contributed by atoms with van der Waals surface area (Å²) in [7, 11) is 0. The van der Waals surface area contributed by atoms with Gasteiger partial charge in [-0.1, -0.05) is 18.2 Å². The SMILES string of the molecule is Nc1nccc(-c2c[nH]c3nccc(OCc4ccccc4F)c23)n1. The minimum atomic E-state index is -0.300. The number of hydrogen-bond acceptors (Lipinski definition) is 5. The van der Waals surface area contributed by atoms with Crippen LogP contribution in [-0.2, 0) is 6.61 Å². The van der Waals surface area contributed by atoms with Crippen LogP contribution in [0.25, 0.3) is 22.3 Å². The van der Waals surface area contributed by atoms with Gasteiger partial charge >= 0.3 is 0 Å². The molecule has 0 spiro atoms. The summed E-state index contributed by atoms with van der Waals surface area (Å²) >= 11 is 0. The highest BCUT2D eigenvalue weighted by molar-refractivity contribution is 5.97. The van der Waals surface area contributed by atoms with Crippen LogP contribution in [0.2, 0.25) is 0 Å². The molecule has 6 nitrogen and oxygen atoms in total. The van der Waals surface area contributed by atoms with Gasteiger partial charge in [0.2, 0.25) is 5.95 Å². The minimum Gasteiger partial charge on any atom is -0.488 e. The number of halogens is 1. The lowest BCUT2D eigenvalue weighted by Crippen LogP contribution is -1.99. The number of rotatable bonds is 4. The zero-order chi connectivity index (χ0) is 17.2. The maximum absolute atomic E-state index is 13.8. The molecule has 0 fully saturated rings. The molecule has 0 aliphatic carbocycles. The number of nitrogens with one attached hydrogen (secondary N) is 1. The number of ether oxygens (including phenoxy) is 1. The summed E-state index contributed by atoms with van der Waals surface area (Å²) in [5.41, 5.74) is 8.26. The molecule has 4 aromatic rings. The van der Waals surface area contributed by atoms with Gasteiger partial charge in [0, 0.05) is 29.7 Å². The van der Waals surface area contributed by atoms with Gasteiger partial charge < -0.3 is 15.5 Å². The number of H-pyrrole nitrogens is 1. The van der Waals surface area contributed by atoms with Crippen molar-refractivity contribution in [2.24, 2.45) is 0 Å². The lowest BCUT2D eigenvalue weighted by molar-refractivity contribution is 0.303. The highest BCUT2D eigenvalue weighted by Crippen LogP contribution is 2.34. The van der Waals surface area contributed by atoms with Crippen LogP contribution < -0.4 is 10.5 Å². The molecule has 0 saturated carbocycles. The molecule has 4 rings (SSSR count). The molecule has 124 valence electrons. The van der Waals surface area contributed by atoms with Crippen LogP contribution in [0.3, 0.4) is 0 Å². The van der Waals surface area contributed by atoms with Crippen molar-refractivity contribution in [3.05, 3.63) is 66.4 Å².